The number of rotatable bonds is 4. The van der Waals surface area contributed by atoms with E-state index in [4.69, 9.17) is 24.4 Å². The molecule has 10 rings (SSSR count). The molecule has 0 radical (unpaired) electrons. The summed E-state index contributed by atoms with van der Waals surface area (Å²) >= 11 is 0. The van der Waals surface area contributed by atoms with Gasteiger partial charge in [0.25, 0.3) is 0 Å². The minimum Gasteiger partial charge on any atom is -0.456 e. The van der Waals surface area contributed by atoms with Gasteiger partial charge in [0.1, 0.15) is 16.9 Å². The molecule has 3 aromatic heterocycles. The largest absolute Gasteiger partial charge is 0.456 e. The van der Waals surface area contributed by atoms with E-state index in [0.29, 0.717) is 23.2 Å². The van der Waals surface area contributed by atoms with Crippen molar-refractivity contribution < 1.29 is 4.42 Å². The van der Waals surface area contributed by atoms with Gasteiger partial charge < -0.3 is 4.42 Å². The van der Waals surface area contributed by atoms with Crippen LogP contribution in [0.3, 0.4) is 0 Å². The first-order valence-electron chi connectivity index (χ1n) is 16.3. The van der Waals surface area contributed by atoms with Crippen LogP contribution in [0.2, 0.25) is 0 Å². The number of hydrogen-bond donors (Lipinski definition) is 0. The standard InChI is InChI=1S/C44H26N4O/c1-3-12-28(13-4-1)42-46-43(29-14-5-2-6-15-29)48-44(47-42)41-40-35-22-21-30(26-38(35)49-37(40)23-24-45-41)36-25-31-20-19-27-11-7-8-16-32(27)39(31)34-18-10-9-17-33(34)36/h1-26H. The third-order valence-electron chi connectivity index (χ3n) is 9.35. The summed E-state index contributed by atoms with van der Waals surface area (Å²) < 4.78 is 6.55. The summed E-state index contributed by atoms with van der Waals surface area (Å²) in [5, 5.41) is 9.27. The Morgan fingerprint density at radius 3 is 1.78 bits per heavy atom. The highest BCUT2D eigenvalue weighted by Crippen LogP contribution is 2.41. The van der Waals surface area contributed by atoms with Crippen LogP contribution in [0.1, 0.15) is 0 Å². The highest BCUT2D eigenvalue weighted by Gasteiger charge is 2.20. The van der Waals surface area contributed by atoms with Crippen LogP contribution >= 0.6 is 0 Å². The van der Waals surface area contributed by atoms with Crippen LogP contribution in [0, 0.1) is 0 Å². The highest BCUT2D eigenvalue weighted by atomic mass is 16.3. The maximum atomic E-state index is 6.55. The summed E-state index contributed by atoms with van der Waals surface area (Å²) in [4.78, 5) is 19.6. The molecule has 228 valence electrons. The lowest BCUT2D eigenvalue weighted by Gasteiger charge is -2.13. The monoisotopic (exact) mass is 626 g/mol. The van der Waals surface area contributed by atoms with E-state index in [0.717, 1.165) is 44.2 Å². The van der Waals surface area contributed by atoms with Gasteiger partial charge in [-0.15, -0.1) is 0 Å². The van der Waals surface area contributed by atoms with Gasteiger partial charge in [-0.05, 0) is 67.7 Å². The van der Waals surface area contributed by atoms with Crippen LogP contribution in [0.4, 0.5) is 0 Å². The first-order chi connectivity index (χ1) is 24.3. The molecule has 0 N–H and O–H groups in total. The Bertz CT molecular complexity index is 2820. The minimum absolute atomic E-state index is 0.498. The zero-order valence-electron chi connectivity index (χ0n) is 26.2. The Labute approximate surface area is 281 Å². The Morgan fingerprint density at radius 2 is 1.02 bits per heavy atom. The van der Waals surface area contributed by atoms with E-state index in [1.54, 1.807) is 6.20 Å². The molecule has 10 aromatic rings. The van der Waals surface area contributed by atoms with Gasteiger partial charge >= 0.3 is 0 Å². The van der Waals surface area contributed by atoms with Crippen molar-refractivity contribution >= 4 is 54.3 Å². The molecule has 3 heterocycles. The lowest BCUT2D eigenvalue weighted by molar-refractivity contribution is 0.668. The summed E-state index contributed by atoms with van der Waals surface area (Å²) in [6.07, 6.45) is 1.76. The summed E-state index contributed by atoms with van der Waals surface area (Å²) in [5.74, 6) is 1.68. The van der Waals surface area contributed by atoms with Crippen molar-refractivity contribution in [2.45, 2.75) is 0 Å². The highest BCUT2D eigenvalue weighted by molar-refractivity contribution is 6.23. The fourth-order valence-corrected chi connectivity index (χ4v) is 7.09. The quantitative estimate of drug-likeness (QED) is 0.182. The van der Waals surface area contributed by atoms with Crippen molar-refractivity contribution in [3.05, 3.63) is 158 Å². The minimum atomic E-state index is 0.498. The predicted molar refractivity (Wildman–Crippen MR) is 199 cm³/mol. The van der Waals surface area contributed by atoms with Crippen LogP contribution in [-0.4, -0.2) is 19.9 Å². The number of hydrogen-bond acceptors (Lipinski definition) is 5. The molecule has 0 bridgehead atoms. The maximum absolute atomic E-state index is 6.55. The average molecular weight is 627 g/mol. The van der Waals surface area contributed by atoms with E-state index in [1.165, 1.54) is 32.3 Å². The SMILES string of the molecule is c1ccc(-c2nc(-c3ccccc3)nc(-c3nccc4oc5cc(-c6cc7ccc8ccccc8c7c7ccccc67)ccc5c34)n2)cc1. The molecule has 0 fully saturated rings. The van der Waals surface area contributed by atoms with Crippen molar-refractivity contribution in [1.29, 1.82) is 0 Å². The molecular weight excluding hydrogens is 601 g/mol. The molecule has 0 saturated heterocycles. The zero-order chi connectivity index (χ0) is 32.3. The van der Waals surface area contributed by atoms with E-state index < -0.39 is 0 Å². The third kappa shape index (κ3) is 4.48. The Kier molecular flexibility index (Phi) is 6.11. The zero-order valence-corrected chi connectivity index (χ0v) is 26.2. The average Bonchev–Trinajstić information content (AvgIpc) is 3.56. The second-order valence-electron chi connectivity index (χ2n) is 12.2. The summed E-state index contributed by atoms with van der Waals surface area (Å²) in [6, 6.07) is 52.4. The van der Waals surface area contributed by atoms with Crippen LogP contribution in [0.25, 0.3) is 99.7 Å². The predicted octanol–water partition coefficient (Wildman–Crippen LogP) is 11.3. The molecule has 0 aliphatic heterocycles. The molecule has 0 unspecified atom stereocenters. The Balaban J connectivity index is 1.17. The second-order valence-corrected chi connectivity index (χ2v) is 12.2. The van der Waals surface area contributed by atoms with Crippen molar-refractivity contribution in [2.24, 2.45) is 0 Å². The smallest absolute Gasteiger partial charge is 0.183 e. The molecule has 0 atom stereocenters. The molecule has 5 heteroatoms. The first-order valence-corrected chi connectivity index (χ1v) is 16.3. The van der Waals surface area contributed by atoms with Crippen molar-refractivity contribution in [3.63, 3.8) is 0 Å². The fraction of sp³-hybridized carbons (Fsp3) is 0. The number of furan rings is 1. The lowest BCUT2D eigenvalue weighted by atomic mass is 9.90. The Hall–Kier alpha value is -6.72. The lowest BCUT2D eigenvalue weighted by Crippen LogP contribution is -2.01. The van der Waals surface area contributed by atoms with Crippen molar-refractivity contribution in [2.75, 3.05) is 0 Å². The fourth-order valence-electron chi connectivity index (χ4n) is 7.09. The van der Waals surface area contributed by atoms with Crippen molar-refractivity contribution in [1.82, 2.24) is 19.9 Å². The number of nitrogens with zero attached hydrogens (tertiary/aromatic N) is 4. The molecule has 0 spiro atoms. The van der Waals surface area contributed by atoms with Gasteiger partial charge in [0.2, 0.25) is 0 Å². The van der Waals surface area contributed by atoms with Gasteiger partial charge in [-0.2, -0.15) is 0 Å². The molecule has 0 saturated carbocycles. The van der Waals surface area contributed by atoms with Crippen molar-refractivity contribution in [3.8, 4) is 45.4 Å². The molecule has 0 aliphatic carbocycles. The number of fused-ring (bicyclic) bond motifs is 8. The van der Waals surface area contributed by atoms with E-state index in [-0.39, 0.29) is 0 Å². The number of benzene rings is 7. The molecule has 0 amide bonds. The van der Waals surface area contributed by atoms with Gasteiger partial charge in [0.15, 0.2) is 17.5 Å². The van der Waals surface area contributed by atoms with Crippen LogP contribution in [0.15, 0.2) is 162 Å². The summed E-state index contributed by atoms with van der Waals surface area (Å²) in [5.41, 5.74) is 6.24. The van der Waals surface area contributed by atoms with Gasteiger partial charge in [-0.1, -0.05) is 127 Å². The van der Waals surface area contributed by atoms with E-state index >= 15 is 0 Å². The number of pyridine rings is 1. The Morgan fingerprint density at radius 1 is 0.388 bits per heavy atom. The maximum Gasteiger partial charge on any atom is 0.183 e. The van der Waals surface area contributed by atoms with Gasteiger partial charge in [-0.25, -0.2) is 15.0 Å². The summed E-state index contributed by atoms with van der Waals surface area (Å²) in [7, 11) is 0. The normalized spacial score (nSPS) is 11.7. The summed E-state index contributed by atoms with van der Waals surface area (Å²) in [6.45, 7) is 0. The van der Waals surface area contributed by atoms with Crippen LogP contribution < -0.4 is 0 Å². The molecule has 5 nitrogen and oxygen atoms in total. The van der Waals surface area contributed by atoms with Gasteiger partial charge in [-0.3, -0.25) is 4.98 Å². The van der Waals surface area contributed by atoms with E-state index in [2.05, 4.69) is 84.9 Å². The topological polar surface area (TPSA) is 64.7 Å². The van der Waals surface area contributed by atoms with E-state index in [9.17, 15) is 0 Å². The van der Waals surface area contributed by atoms with Crippen LogP contribution in [-0.2, 0) is 0 Å². The first kappa shape index (κ1) is 27.4. The van der Waals surface area contributed by atoms with Gasteiger partial charge in [0.05, 0.1) is 5.39 Å². The number of aromatic nitrogens is 4. The van der Waals surface area contributed by atoms with E-state index in [1.807, 2.05) is 66.7 Å². The molecule has 0 aliphatic rings. The molecule has 49 heavy (non-hydrogen) atoms. The van der Waals surface area contributed by atoms with Gasteiger partial charge in [0, 0.05) is 22.7 Å². The molecular formula is C44H26N4O. The molecule has 7 aromatic carbocycles. The van der Waals surface area contributed by atoms with Crippen LogP contribution in [0.5, 0.6) is 0 Å². The third-order valence-corrected chi connectivity index (χ3v) is 9.35. The second kappa shape index (κ2) is 10.9.